The van der Waals surface area contributed by atoms with Gasteiger partial charge in [-0.1, -0.05) is 314 Å². The number of hydrogen-bond acceptors (Lipinski definition) is 5. The summed E-state index contributed by atoms with van der Waals surface area (Å²) in [4.78, 5) is 24.5. The molecule has 0 heterocycles. The number of unbranched alkanes of at least 4 members (excludes halogenated alkanes) is 49. The van der Waals surface area contributed by atoms with Crippen molar-refractivity contribution in [2.75, 3.05) is 13.2 Å². The van der Waals surface area contributed by atoms with E-state index in [2.05, 4.69) is 43.5 Å². The molecule has 0 saturated heterocycles. The molecule has 0 aromatic heterocycles. The van der Waals surface area contributed by atoms with E-state index < -0.39 is 12.1 Å². The molecule has 75 heavy (non-hydrogen) atoms. The van der Waals surface area contributed by atoms with E-state index in [1.165, 1.54) is 302 Å². The number of rotatable bonds is 64. The zero-order valence-electron chi connectivity index (χ0n) is 50.8. The van der Waals surface area contributed by atoms with Gasteiger partial charge in [-0.15, -0.1) is 0 Å². The molecular weight excluding hydrogens is 923 g/mol. The normalized spacial score (nSPS) is 12.6. The molecule has 2 unspecified atom stereocenters. The number of aliphatic hydroxyl groups is 2. The minimum absolute atomic E-state index is 0.0112. The highest BCUT2D eigenvalue weighted by Gasteiger charge is 2.20. The van der Waals surface area contributed by atoms with Crippen molar-refractivity contribution in [1.82, 2.24) is 5.32 Å². The van der Waals surface area contributed by atoms with E-state index in [4.69, 9.17) is 4.74 Å². The van der Waals surface area contributed by atoms with Crippen LogP contribution in [0.2, 0.25) is 0 Å². The van der Waals surface area contributed by atoms with Gasteiger partial charge in [0.05, 0.1) is 25.4 Å². The Hall–Kier alpha value is -1.66. The predicted octanol–water partition coefficient (Wildman–Crippen LogP) is 21.8. The summed E-state index contributed by atoms with van der Waals surface area (Å²) in [6.45, 7) is 4.94. The average Bonchev–Trinajstić information content (AvgIpc) is 3.41. The van der Waals surface area contributed by atoms with Crippen molar-refractivity contribution in [1.29, 1.82) is 0 Å². The van der Waals surface area contributed by atoms with Gasteiger partial charge in [0, 0.05) is 12.8 Å². The van der Waals surface area contributed by atoms with Crippen LogP contribution in [0.1, 0.15) is 380 Å². The van der Waals surface area contributed by atoms with Gasteiger partial charge < -0.3 is 20.3 Å². The minimum Gasteiger partial charge on any atom is -0.466 e. The third-order valence-electron chi connectivity index (χ3n) is 16.0. The number of nitrogens with one attached hydrogen (secondary N) is 1. The Morgan fingerprint density at radius 3 is 0.960 bits per heavy atom. The van der Waals surface area contributed by atoms with Gasteiger partial charge >= 0.3 is 5.97 Å². The molecular formula is C69H133NO5. The summed E-state index contributed by atoms with van der Waals surface area (Å²) in [6.07, 6.45) is 81.0. The van der Waals surface area contributed by atoms with E-state index in [0.717, 1.165) is 44.9 Å². The van der Waals surface area contributed by atoms with Crippen molar-refractivity contribution in [3.05, 3.63) is 24.3 Å². The Morgan fingerprint density at radius 1 is 0.360 bits per heavy atom. The Labute approximate surface area is 469 Å². The molecule has 0 aliphatic heterocycles. The highest BCUT2D eigenvalue weighted by molar-refractivity contribution is 5.76. The third kappa shape index (κ3) is 61.4. The third-order valence-corrected chi connectivity index (χ3v) is 16.0. The van der Waals surface area contributed by atoms with Gasteiger partial charge in [-0.05, 0) is 77.0 Å². The molecule has 1 amide bonds. The Bertz CT molecular complexity index is 1170. The van der Waals surface area contributed by atoms with Gasteiger partial charge in [0.1, 0.15) is 0 Å². The van der Waals surface area contributed by atoms with Crippen molar-refractivity contribution in [3.63, 3.8) is 0 Å². The molecule has 0 aliphatic rings. The maximum absolute atomic E-state index is 12.4. The quantitative estimate of drug-likeness (QED) is 0.0320. The van der Waals surface area contributed by atoms with Crippen LogP contribution in [0.25, 0.3) is 0 Å². The monoisotopic (exact) mass is 1060 g/mol. The van der Waals surface area contributed by atoms with Crippen molar-refractivity contribution >= 4 is 11.9 Å². The first-order valence-electron chi connectivity index (χ1n) is 34.1. The number of amides is 1. The molecule has 0 saturated carbocycles. The lowest BCUT2D eigenvalue weighted by molar-refractivity contribution is -0.143. The topological polar surface area (TPSA) is 95.9 Å². The summed E-state index contributed by atoms with van der Waals surface area (Å²) in [5, 5.41) is 23.2. The highest BCUT2D eigenvalue weighted by Crippen LogP contribution is 2.18. The summed E-state index contributed by atoms with van der Waals surface area (Å²) >= 11 is 0. The van der Waals surface area contributed by atoms with Crippen LogP contribution in [-0.2, 0) is 14.3 Å². The zero-order valence-corrected chi connectivity index (χ0v) is 50.8. The Morgan fingerprint density at radius 2 is 0.627 bits per heavy atom. The molecule has 0 rings (SSSR count). The van der Waals surface area contributed by atoms with Crippen LogP contribution in [0.5, 0.6) is 0 Å². The lowest BCUT2D eigenvalue weighted by atomic mass is 10.0. The summed E-state index contributed by atoms with van der Waals surface area (Å²) in [6, 6.07) is -0.536. The lowest BCUT2D eigenvalue weighted by Gasteiger charge is -2.22. The Balaban J connectivity index is 3.31. The van der Waals surface area contributed by atoms with Gasteiger partial charge in [-0.3, -0.25) is 9.59 Å². The SMILES string of the molecule is CCCCCC/C=C\CCCCCCCC(=O)OCCCCCCCCCCCCCCCC/C=C\CCCCCCCCCCCCCCCCCCCC(=O)NC(CO)C(O)CCCCCCCCCCCC. The summed E-state index contributed by atoms with van der Waals surface area (Å²) in [5.74, 6) is -0.0202. The van der Waals surface area contributed by atoms with Crippen LogP contribution in [-0.4, -0.2) is 47.4 Å². The summed E-state index contributed by atoms with van der Waals surface area (Å²) in [5.41, 5.74) is 0. The smallest absolute Gasteiger partial charge is 0.305 e. The maximum Gasteiger partial charge on any atom is 0.305 e. The van der Waals surface area contributed by atoms with Gasteiger partial charge in [-0.2, -0.15) is 0 Å². The standard InChI is InChI=1S/C69H133NO5/c1-3-5-7-9-11-13-15-39-43-47-51-55-59-63-69(74)75-64-60-56-52-48-44-41-38-36-34-32-30-28-26-24-22-20-18-16-17-19-21-23-25-27-29-31-33-35-37-40-42-46-50-54-58-62-68(73)70-66(65-71)67(72)61-57-53-49-45-14-12-10-8-6-4-2/h13,15,18,20,66-67,71-72H,3-12,14,16-17,19,21-65H2,1-2H3,(H,70,73)/b15-13-,20-18-. The first kappa shape index (κ1) is 73.3. The summed E-state index contributed by atoms with van der Waals surface area (Å²) < 4.78 is 5.48. The molecule has 3 N–H and O–H groups in total. The molecule has 0 radical (unpaired) electrons. The number of hydrogen-bond donors (Lipinski definition) is 3. The predicted molar refractivity (Wildman–Crippen MR) is 329 cm³/mol. The van der Waals surface area contributed by atoms with Crippen LogP contribution in [0.15, 0.2) is 24.3 Å². The minimum atomic E-state index is -0.659. The molecule has 0 aromatic carbocycles. The van der Waals surface area contributed by atoms with E-state index in [0.29, 0.717) is 25.9 Å². The maximum atomic E-state index is 12.4. The summed E-state index contributed by atoms with van der Waals surface area (Å²) in [7, 11) is 0. The van der Waals surface area contributed by atoms with Crippen molar-refractivity contribution in [3.8, 4) is 0 Å². The number of carbonyl (C=O) groups is 2. The molecule has 6 heteroatoms. The molecule has 0 aliphatic carbocycles. The average molecular weight is 1060 g/mol. The van der Waals surface area contributed by atoms with E-state index in [1.54, 1.807) is 0 Å². The fourth-order valence-electron chi connectivity index (χ4n) is 10.7. The van der Waals surface area contributed by atoms with Crippen LogP contribution in [0, 0.1) is 0 Å². The van der Waals surface area contributed by atoms with Gasteiger partial charge in [0.25, 0.3) is 0 Å². The molecule has 2 atom stereocenters. The second-order valence-corrected chi connectivity index (χ2v) is 23.5. The second-order valence-electron chi connectivity index (χ2n) is 23.5. The fraction of sp³-hybridized carbons (Fsp3) is 0.913. The second kappa shape index (κ2) is 64.9. The van der Waals surface area contributed by atoms with Crippen LogP contribution < -0.4 is 5.32 Å². The molecule has 0 fully saturated rings. The van der Waals surface area contributed by atoms with Gasteiger partial charge in [0.2, 0.25) is 5.91 Å². The number of aliphatic hydroxyl groups excluding tert-OH is 2. The molecule has 444 valence electrons. The van der Waals surface area contributed by atoms with E-state index >= 15 is 0 Å². The van der Waals surface area contributed by atoms with E-state index in [9.17, 15) is 19.8 Å². The van der Waals surface area contributed by atoms with Gasteiger partial charge in [0.15, 0.2) is 0 Å². The van der Waals surface area contributed by atoms with Crippen LogP contribution >= 0.6 is 0 Å². The van der Waals surface area contributed by atoms with Gasteiger partial charge in [-0.25, -0.2) is 0 Å². The number of esters is 1. The molecule has 0 bridgehead atoms. The van der Waals surface area contributed by atoms with Crippen molar-refractivity contribution < 1.29 is 24.5 Å². The number of allylic oxidation sites excluding steroid dienone is 4. The first-order chi connectivity index (χ1) is 37.0. The van der Waals surface area contributed by atoms with Crippen molar-refractivity contribution in [2.45, 2.75) is 392 Å². The Kier molecular flexibility index (Phi) is 63.4. The van der Waals surface area contributed by atoms with Crippen LogP contribution in [0.3, 0.4) is 0 Å². The molecule has 6 nitrogen and oxygen atoms in total. The molecule has 0 aromatic rings. The number of carbonyl (C=O) groups excluding carboxylic acids is 2. The van der Waals surface area contributed by atoms with E-state index in [1.807, 2.05) is 0 Å². The van der Waals surface area contributed by atoms with E-state index in [-0.39, 0.29) is 18.5 Å². The lowest BCUT2D eigenvalue weighted by Crippen LogP contribution is -2.45. The largest absolute Gasteiger partial charge is 0.466 e. The fourth-order valence-corrected chi connectivity index (χ4v) is 10.7. The first-order valence-corrected chi connectivity index (χ1v) is 34.1. The highest BCUT2D eigenvalue weighted by atomic mass is 16.5. The zero-order chi connectivity index (χ0) is 54.3. The molecule has 0 spiro atoms. The number of ether oxygens (including phenoxy) is 1. The van der Waals surface area contributed by atoms with Crippen LogP contribution in [0.4, 0.5) is 0 Å². The van der Waals surface area contributed by atoms with Crippen molar-refractivity contribution in [2.24, 2.45) is 0 Å².